The van der Waals surface area contributed by atoms with E-state index in [0.717, 1.165) is 25.1 Å². The number of hydrogen-bond donors (Lipinski definition) is 1. The van der Waals surface area contributed by atoms with Crippen molar-refractivity contribution in [3.05, 3.63) is 77.9 Å². The van der Waals surface area contributed by atoms with Gasteiger partial charge in [0.1, 0.15) is 23.9 Å². The predicted octanol–water partition coefficient (Wildman–Crippen LogP) is 3.79. The number of Topliss-reactive ketones (excluding diaryl/α,β-unsaturated/α-hetero) is 1. The molecule has 37 heavy (non-hydrogen) atoms. The van der Waals surface area contributed by atoms with Crippen LogP contribution < -0.4 is 9.47 Å². The van der Waals surface area contributed by atoms with Crippen LogP contribution in [0.5, 0.6) is 11.5 Å². The van der Waals surface area contributed by atoms with Crippen LogP contribution >= 0.6 is 0 Å². The van der Waals surface area contributed by atoms with E-state index < -0.39 is 17.7 Å². The fraction of sp³-hybridized carbons (Fsp3) is 0.379. The molecule has 196 valence electrons. The van der Waals surface area contributed by atoms with Crippen molar-refractivity contribution in [1.82, 2.24) is 9.80 Å². The highest BCUT2D eigenvalue weighted by molar-refractivity contribution is 6.46. The molecule has 4 rings (SSSR count). The maximum atomic E-state index is 13.3. The molecule has 0 aliphatic carbocycles. The number of ether oxygens (including phenoxy) is 3. The summed E-state index contributed by atoms with van der Waals surface area (Å²) >= 11 is 0. The van der Waals surface area contributed by atoms with Crippen LogP contribution in [-0.4, -0.2) is 79.2 Å². The molecule has 8 nitrogen and oxygen atoms in total. The van der Waals surface area contributed by atoms with E-state index in [-0.39, 0.29) is 11.3 Å². The van der Waals surface area contributed by atoms with Gasteiger partial charge in [-0.25, -0.2) is 0 Å². The first-order valence-electron chi connectivity index (χ1n) is 12.7. The SMILES string of the molecule is C=CCOc1ccc([C@@H]2/C(=C(\O)c3ccc(OCCC)cc3)C(=O)C(=O)N2CCN2CCOCC2)cc1. The van der Waals surface area contributed by atoms with Crippen LogP contribution in [0.3, 0.4) is 0 Å². The predicted molar refractivity (Wildman–Crippen MR) is 141 cm³/mol. The first-order valence-corrected chi connectivity index (χ1v) is 12.7. The first kappa shape index (κ1) is 26.4. The van der Waals surface area contributed by atoms with Crippen molar-refractivity contribution >= 4 is 17.4 Å². The van der Waals surface area contributed by atoms with Gasteiger partial charge in [-0.2, -0.15) is 0 Å². The van der Waals surface area contributed by atoms with Crippen LogP contribution in [0.25, 0.3) is 5.76 Å². The Balaban J connectivity index is 1.67. The molecule has 2 aromatic rings. The molecule has 8 heteroatoms. The molecule has 2 heterocycles. The molecule has 2 fully saturated rings. The van der Waals surface area contributed by atoms with Crippen LogP contribution in [0.4, 0.5) is 0 Å². The number of amides is 1. The first-order chi connectivity index (χ1) is 18.0. The van der Waals surface area contributed by atoms with Gasteiger partial charge in [-0.15, -0.1) is 0 Å². The summed E-state index contributed by atoms with van der Waals surface area (Å²) in [7, 11) is 0. The van der Waals surface area contributed by atoms with Crippen molar-refractivity contribution < 1.29 is 28.9 Å². The highest BCUT2D eigenvalue weighted by atomic mass is 16.5. The Morgan fingerprint density at radius 1 is 1.03 bits per heavy atom. The molecule has 2 aliphatic rings. The molecule has 0 aromatic heterocycles. The minimum absolute atomic E-state index is 0.0777. The molecule has 2 aliphatic heterocycles. The van der Waals surface area contributed by atoms with Gasteiger partial charge in [-0.3, -0.25) is 14.5 Å². The number of rotatable bonds is 11. The Hall–Kier alpha value is -3.62. The van der Waals surface area contributed by atoms with E-state index in [9.17, 15) is 14.7 Å². The number of likely N-dealkylation sites (tertiary alicyclic amines) is 1. The lowest BCUT2D eigenvalue weighted by Gasteiger charge is -2.31. The Bertz CT molecular complexity index is 1120. The number of morpholine rings is 1. The third-order valence-electron chi connectivity index (χ3n) is 6.47. The summed E-state index contributed by atoms with van der Waals surface area (Å²) in [5, 5.41) is 11.3. The second kappa shape index (κ2) is 12.6. The fourth-order valence-corrected chi connectivity index (χ4v) is 4.52. The van der Waals surface area contributed by atoms with E-state index in [1.54, 1.807) is 47.4 Å². The molecule has 0 spiro atoms. The third-order valence-corrected chi connectivity index (χ3v) is 6.47. The zero-order chi connectivity index (χ0) is 26.2. The number of carbonyl (C=O) groups is 2. The van der Waals surface area contributed by atoms with Crippen molar-refractivity contribution in [3.8, 4) is 11.5 Å². The van der Waals surface area contributed by atoms with E-state index in [0.29, 0.717) is 56.6 Å². The van der Waals surface area contributed by atoms with Gasteiger partial charge in [0, 0.05) is 31.7 Å². The summed E-state index contributed by atoms with van der Waals surface area (Å²) in [5.41, 5.74) is 1.25. The van der Waals surface area contributed by atoms with E-state index in [2.05, 4.69) is 11.5 Å². The monoisotopic (exact) mass is 506 g/mol. The topological polar surface area (TPSA) is 88.5 Å². The Kier molecular flexibility index (Phi) is 8.98. The van der Waals surface area contributed by atoms with Crippen LogP contribution in [0.1, 0.15) is 30.5 Å². The van der Waals surface area contributed by atoms with Gasteiger partial charge in [0.2, 0.25) is 0 Å². The molecule has 1 amide bonds. The molecular formula is C29H34N2O6. The van der Waals surface area contributed by atoms with Gasteiger partial charge in [0.05, 0.1) is 31.4 Å². The third kappa shape index (κ3) is 6.21. The molecule has 0 unspecified atom stereocenters. The zero-order valence-corrected chi connectivity index (χ0v) is 21.2. The molecule has 2 aromatic carbocycles. The summed E-state index contributed by atoms with van der Waals surface area (Å²) in [4.78, 5) is 30.3. The molecule has 1 N–H and O–H groups in total. The number of hydrogen-bond acceptors (Lipinski definition) is 7. The molecule has 0 radical (unpaired) electrons. The second-order valence-corrected chi connectivity index (χ2v) is 8.99. The van der Waals surface area contributed by atoms with Crippen LogP contribution in [-0.2, 0) is 14.3 Å². The Morgan fingerprint density at radius 2 is 1.68 bits per heavy atom. The average molecular weight is 507 g/mol. The smallest absolute Gasteiger partial charge is 0.295 e. The number of benzene rings is 2. The van der Waals surface area contributed by atoms with Gasteiger partial charge >= 0.3 is 0 Å². The minimum atomic E-state index is -0.717. The van der Waals surface area contributed by atoms with E-state index >= 15 is 0 Å². The van der Waals surface area contributed by atoms with E-state index in [1.165, 1.54) is 0 Å². The van der Waals surface area contributed by atoms with Gasteiger partial charge in [0.25, 0.3) is 11.7 Å². The quantitative estimate of drug-likeness (QED) is 0.215. The minimum Gasteiger partial charge on any atom is -0.507 e. The fourth-order valence-electron chi connectivity index (χ4n) is 4.52. The second-order valence-electron chi connectivity index (χ2n) is 8.99. The summed E-state index contributed by atoms with van der Waals surface area (Å²) in [5.74, 6) is -0.184. The number of ketones is 1. The standard InChI is InChI=1S/C29H34N2O6/c1-3-17-36-23-9-5-21(6-10-23)26-25(27(32)22-7-11-24(12-8-22)37-18-4-2)28(33)29(34)31(26)14-13-30-15-19-35-20-16-30/h3,5-12,26,32H,1,4,13-20H2,2H3/b27-25+/t26-/m1/s1. The summed E-state index contributed by atoms with van der Waals surface area (Å²) in [6, 6.07) is 13.4. The zero-order valence-electron chi connectivity index (χ0n) is 21.2. The number of aliphatic hydroxyl groups excluding tert-OH is 1. The number of nitrogens with zero attached hydrogens (tertiary/aromatic N) is 2. The highest BCUT2D eigenvalue weighted by Crippen LogP contribution is 2.40. The largest absolute Gasteiger partial charge is 0.507 e. The molecular weight excluding hydrogens is 472 g/mol. The van der Waals surface area contributed by atoms with Crippen molar-refractivity contribution in [1.29, 1.82) is 0 Å². The van der Waals surface area contributed by atoms with Crippen LogP contribution in [0.15, 0.2) is 66.8 Å². The molecule has 0 saturated carbocycles. The average Bonchev–Trinajstić information content (AvgIpc) is 3.19. The van der Waals surface area contributed by atoms with Gasteiger partial charge in [0.15, 0.2) is 0 Å². The van der Waals surface area contributed by atoms with Crippen molar-refractivity contribution in [2.45, 2.75) is 19.4 Å². The lowest BCUT2D eigenvalue weighted by molar-refractivity contribution is -0.140. The molecule has 1 atom stereocenters. The van der Waals surface area contributed by atoms with E-state index in [4.69, 9.17) is 14.2 Å². The molecule has 2 saturated heterocycles. The summed E-state index contributed by atoms with van der Waals surface area (Å²) < 4.78 is 16.6. The van der Waals surface area contributed by atoms with Crippen molar-refractivity contribution in [2.24, 2.45) is 0 Å². The summed E-state index contributed by atoms with van der Waals surface area (Å²) in [6.45, 7) is 10.4. The van der Waals surface area contributed by atoms with Crippen molar-refractivity contribution in [3.63, 3.8) is 0 Å². The lowest BCUT2D eigenvalue weighted by Crippen LogP contribution is -2.42. The number of carbonyl (C=O) groups excluding carboxylic acids is 2. The van der Waals surface area contributed by atoms with Gasteiger partial charge < -0.3 is 24.2 Å². The normalized spacial score (nSPS) is 19.7. The van der Waals surface area contributed by atoms with Crippen molar-refractivity contribution in [2.75, 3.05) is 52.6 Å². The van der Waals surface area contributed by atoms with Gasteiger partial charge in [-0.05, 0) is 48.4 Å². The lowest BCUT2D eigenvalue weighted by atomic mass is 9.95. The Labute approximate surface area is 217 Å². The van der Waals surface area contributed by atoms with E-state index in [1.807, 2.05) is 19.1 Å². The van der Waals surface area contributed by atoms with Crippen LogP contribution in [0, 0.1) is 0 Å². The Morgan fingerprint density at radius 3 is 2.32 bits per heavy atom. The molecule has 0 bridgehead atoms. The highest BCUT2D eigenvalue weighted by Gasteiger charge is 2.46. The summed E-state index contributed by atoms with van der Waals surface area (Å²) in [6.07, 6.45) is 2.54. The number of aliphatic hydroxyl groups is 1. The van der Waals surface area contributed by atoms with Crippen LogP contribution in [0.2, 0.25) is 0 Å². The van der Waals surface area contributed by atoms with Gasteiger partial charge in [-0.1, -0.05) is 31.7 Å². The maximum Gasteiger partial charge on any atom is 0.295 e. The maximum absolute atomic E-state index is 13.3.